The molecule has 1 aromatic carbocycles. The molecular weight excluding hydrogens is 311 g/mol. The fourth-order valence-electron chi connectivity index (χ4n) is 2.70. The van der Waals surface area contributed by atoms with Gasteiger partial charge in [0.25, 0.3) is 5.91 Å². The summed E-state index contributed by atoms with van der Waals surface area (Å²) in [6, 6.07) is 10.6. The van der Waals surface area contributed by atoms with Crippen LogP contribution < -0.4 is 0 Å². The molecule has 116 valence electrons. The molecule has 1 aliphatic carbocycles. The highest BCUT2D eigenvalue weighted by molar-refractivity contribution is 7.20. The summed E-state index contributed by atoms with van der Waals surface area (Å²) in [7, 11) is 0. The van der Waals surface area contributed by atoms with Crippen molar-refractivity contribution in [1.29, 1.82) is 0 Å². The number of nitrogens with zero attached hydrogens (tertiary/aromatic N) is 2. The van der Waals surface area contributed by atoms with E-state index in [2.05, 4.69) is 4.98 Å². The predicted molar refractivity (Wildman–Crippen MR) is 88.9 cm³/mol. The highest BCUT2D eigenvalue weighted by atomic mass is 32.1. The Balaban J connectivity index is 1.63. The fraction of sp³-hybridized carbons (Fsp3) is 0.222. The maximum Gasteiger partial charge on any atom is 0.264 e. The van der Waals surface area contributed by atoms with Gasteiger partial charge in [0.15, 0.2) is 0 Å². The maximum atomic E-state index is 13.3. The average Bonchev–Trinajstić information content (AvgIpc) is 3.32. The monoisotopic (exact) mass is 326 g/mol. The van der Waals surface area contributed by atoms with Gasteiger partial charge in [-0.1, -0.05) is 0 Å². The number of carbonyl (C=O) groups excluding carboxylic acids is 1. The van der Waals surface area contributed by atoms with Gasteiger partial charge in [0, 0.05) is 29.7 Å². The molecular formula is C18H15FN2OS. The van der Waals surface area contributed by atoms with Crippen molar-refractivity contribution in [2.45, 2.75) is 25.4 Å². The molecule has 23 heavy (non-hydrogen) atoms. The second-order valence-corrected chi connectivity index (χ2v) is 6.90. The summed E-state index contributed by atoms with van der Waals surface area (Å²) < 4.78 is 14.3. The quantitative estimate of drug-likeness (QED) is 0.718. The molecule has 0 atom stereocenters. The average molecular weight is 326 g/mol. The summed E-state index contributed by atoms with van der Waals surface area (Å²) in [4.78, 5) is 19.5. The van der Waals surface area contributed by atoms with Gasteiger partial charge < -0.3 is 4.90 Å². The number of benzene rings is 1. The van der Waals surface area contributed by atoms with Crippen LogP contribution in [0.3, 0.4) is 0 Å². The van der Waals surface area contributed by atoms with Crippen molar-refractivity contribution in [2.24, 2.45) is 0 Å². The van der Waals surface area contributed by atoms with E-state index in [-0.39, 0.29) is 11.7 Å². The van der Waals surface area contributed by atoms with Crippen molar-refractivity contribution in [3.05, 3.63) is 65.0 Å². The first-order chi connectivity index (χ1) is 11.2. The zero-order valence-corrected chi connectivity index (χ0v) is 13.2. The van der Waals surface area contributed by atoms with Crippen LogP contribution in [0.25, 0.3) is 10.1 Å². The lowest BCUT2D eigenvalue weighted by Crippen LogP contribution is -2.32. The van der Waals surface area contributed by atoms with E-state index in [0.717, 1.165) is 28.5 Å². The van der Waals surface area contributed by atoms with Gasteiger partial charge in [-0.05, 0) is 60.2 Å². The van der Waals surface area contributed by atoms with Crippen LogP contribution in [0.4, 0.5) is 4.39 Å². The summed E-state index contributed by atoms with van der Waals surface area (Å²) in [6.45, 7) is 0.592. The molecule has 2 aromatic heterocycles. The summed E-state index contributed by atoms with van der Waals surface area (Å²) in [5.41, 5.74) is 1.08. The number of rotatable bonds is 4. The smallest absolute Gasteiger partial charge is 0.264 e. The van der Waals surface area contributed by atoms with Crippen molar-refractivity contribution in [3.8, 4) is 0 Å². The lowest BCUT2D eigenvalue weighted by Gasteiger charge is -2.21. The van der Waals surface area contributed by atoms with Crippen LogP contribution >= 0.6 is 11.3 Å². The molecule has 0 saturated heterocycles. The Hall–Kier alpha value is -2.27. The normalized spacial score (nSPS) is 14.1. The van der Waals surface area contributed by atoms with Gasteiger partial charge in [0.2, 0.25) is 0 Å². The molecule has 2 heterocycles. The summed E-state index contributed by atoms with van der Waals surface area (Å²) in [5.74, 6) is -0.240. The molecule has 4 rings (SSSR count). The Bertz CT molecular complexity index is 858. The third-order valence-corrected chi connectivity index (χ3v) is 5.14. The maximum absolute atomic E-state index is 13.3. The predicted octanol–water partition coefficient (Wildman–Crippen LogP) is 4.24. The van der Waals surface area contributed by atoms with E-state index < -0.39 is 0 Å². The molecule has 0 spiro atoms. The van der Waals surface area contributed by atoms with Crippen LogP contribution in [0.2, 0.25) is 0 Å². The number of fused-ring (bicyclic) bond motifs is 1. The molecule has 3 aromatic rings. The summed E-state index contributed by atoms with van der Waals surface area (Å²) >= 11 is 1.43. The number of hydrogen-bond acceptors (Lipinski definition) is 3. The summed E-state index contributed by atoms with van der Waals surface area (Å²) in [5, 5.41) is 0.790. The van der Waals surface area contributed by atoms with E-state index in [1.165, 1.54) is 23.5 Å². The van der Waals surface area contributed by atoms with Crippen LogP contribution in [-0.2, 0) is 6.54 Å². The van der Waals surface area contributed by atoms with Gasteiger partial charge in [-0.25, -0.2) is 4.39 Å². The number of thiophene rings is 1. The topological polar surface area (TPSA) is 33.2 Å². The second kappa shape index (κ2) is 5.74. The van der Waals surface area contributed by atoms with E-state index in [1.54, 1.807) is 24.5 Å². The first-order valence-corrected chi connectivity index (χ1v) is 8.41. The standard InChI is InChI=1S/C18H15FN2OS/c19-14-1-4-16-13(9-14)10-17(23-16)18(22)21(15-2-3-15)11-12-5-7-20-8-6-12/h1,4-10,15H,2-3,11H2. The highest BCUT2D eigenvalue weighted by Crippen LogP contribution is 2.33. The van der Waals surface area contributed by atoms with Crippen LogP contribution in [0.1, 0.15) is 28.1 Å². The van der Waals surface area contributed by atoms with E-state index in [1.807, 2.05) is 17.0 Å². The third kappa shape index (κ3) is 2.97. The zero-order valence-electron chi connectivity index (χ0n) is 12.4. The van der Waals surface area contributed by atoms with E-state index in [4.69, 9.17) is 0 Å². The molecule has 3 nitrogen and oxygen atoms in total. The number of aromatic nitrogens is 1. The largest absolute Gasteiger partial charge is 0.331 e. The van der Waals surface area contributed by atoms with Gasteiger partial charge in [0.1, 0.15) is 5.82 Å². The first-order valence-electron chi connectivity index (χ1n) is 7.60. The molecule has 0 unspecified atom stereocenters. The number of amides is 1. The van der Waals surface area contributed by atoms with Crippen LogP contribution in [-0.4, -0.2) is 21.8 Å². The van der Waals surface area contributed by atoms with Crippen molar-refractivity contribution in [2.75, 3.05) is 0 Å². The Morgan fingerprint density at radius 3 is 2.74 bits per heavy atom. The van der Waals surface area contributed by atoms with Gasteiger partial charge >= 0.3 is 0 Å². The van der Waals surface area contributed by atoms with Crippen molar-refractivity contribution in [1.82, 2.24) is 9.88 Å². The molecule has 0 radical (unpaired) electrons. The number of pyridine rings is 1. The van der Waals surface area contributed by atoms with Crippen LogP contribution in [0.15, 0.2) is 48.8 Å². The molecule has 1 amide bonds. The van der Waals surface area contributed by atoms with Gasteiger partial charge in [-0.15, -0.1) is 11.3 Å². The minimum absolute atomic E-state index is 0.0333. The lowest BCUT2D eigenvalue weighted by molar-refractivity contribution is 0.0735. The van der Waals surface area contributed by atoms with Crippen LogP contribution in [0.5, 0.6) is 0 Å². The number of halogens is 1. The molecule has 1 saturated carbocycles. The Labute approximate surface area is 137 Å². The van der Waals surface area contributed by atoms with Gasteiger partial charge in [-0.3, -0.25) is 9.78 Å². The lowest BCUT2D eigenvalue weighted by atomic mass is 10.2. The minimum atomic E-state index is -0.273. The third-order valence-electron chi connectivity index (χ3n) is 4.04. The minimum Gasteiger partial charge on any atom is -0.331 e. The first kappa shape index (κ1) is 14.3. The van der Waals surface area contributed by atoms with E-state index in [9.17, 15) is 9.18 Å². The number of carbonyl (C=O) groups is 1. The van der Waals surface area contributed by atoms with E-state index in [0.29, 0.717) is 17.5 Å². The second-order valence-electron chi connectivity index (χ2n) is 5.81. The molecule has 1 aliphatic rings. The van der Waals surface area contributed by atoms with Crippen molar-refractivity contribution >= 4 is 27.3 Å². The van der Waals surface area contributed by atoms with Crippen LogP contribution in [0, 0.1) is 5.82 Å². The molecule has 5 heteroatoms. The Kier molecular flexibility index (Phi) is 3.58. The van der Waals surface area contributed by atoms with Crippen molar-refractivity contribution in [3.63, 3.8) is 0 Å². The SMILES string of the molecule is O=C(c1cc2cc(F)ccc2s1)N(Cc1ccncc1)C1CC1. The Morgan fingerprint density at radius 2 is 2.00 bits per heavy atom. The number of hydrogen-bond donors (Lipinski definition) is 0. The van der Waals surface area contributed by atoms with Gasteiger partial charge in [-0.2, -0.15) is 0 Å². The molecule has 0 aliphatic heterocycles. The highest BCUT2D eigenvalue weighted by Gasteiger charge is 2.33. The molecule has 0 N–H and O–H groups in total. The van der Waals surface area contributed by atoms with Crippen molar-refractivity contribution < 1.29 is 9.18 Å². The van der Waals surface area contributed by atoms with E-state index >= 15 is 0 Å². The summed E-state index contributed by atoms with van der Waals surface area (Å²) in [6.07, 6.45) is 5.59. The van der Waals surface area contributed by atoms with Gasteiger partial charge in [0.05, 0.1) is 4.88 Å². The zero-order chi connectivity index (χ0) is 15.8. The molecule has 1 fully saturated rings. The molecule has 0 bridgehead atoms. The Morgan fingerprint density at radius 1 is 1.22 bits per heavy atom. The fourth-order valence-corrected chi connectivity index (χ4v) is 3.70.